The summed E-state index contributed by atoms with van der Waals surface area (Å²) >= 11 is 0. The summed E-state index contributed by atoms with van der Waals surface area (Å²) in [6.45, 7) is 3.91. The minimum absolute atomic E-state index is 0.0789. The maximum atomic E-state index is 11.1. The molecule has 3 aromatic rings. The van der Waals surface area contributed by atoms with Gasteiger partial charge in [0.1, 0.15) is 23.7 Å². The molecule has 23 heavy (non-hydrogen) atoms. The molecule has 0 radical (unpaired) electrons. The predicted molar refractivity (Wildman–Crippen MR) is 89.2 cm³/mol. The molecular weight excluding hydrogens is 290 g/mol. The maximum absolute atomic E-state index is 11.1. The van der Waals surface area contributed by atoms with Gasteiger partial charge in [-0.1, -0.05) is 30.3 Å². The molecule has 2 aromatic carbocycles. The molecule has 0 aliphatic rings. The van der Waals surface area contributed by atoms with Gasteiger partial charge in [0, 0.05) is 18.4 Å². The maximum Gasteiger partial charge on any atom is 0.217 e. The van der Waals surface area contributed by atoms with E-state index in [4.69, 9.17) is 9.15 Å². The fourth-order valence-corrected chi connectivity index (χ4v) is 2.45. The van der Waals surface area contributed by atoms with Gasteiger partial charge in [-0.3, -0.25) is 4.79 Å². The van der Waals surface area contributed by atoms with Crippen molar-refractivity contribution in [2.75, 3.05) is 0 Å². The molecular formula is C19H19NO3. The lowest BCUT2D eigenvalue weighted by molar-refractivity contribution is -0.119. The van der Waals surface area contributed by atoms with Crippen LogP contribution in [0.4, 0.5) is 0 Å². The third-order valence-corrected chi connectivity index (χ3v) is 3.61. The third-order valence-electron chi connectivity index (χ3n) is 3.61. The van der Waals surface area contributed by atoms with E-state index in [-0.39, 0.29) is 11.9 Å². The minimum Gasteiger partial charge on any atom is -0.489 e. The second-order valence-electron chi connectivity index (χ2n) is 5.54. The molecule has 0 spiro atoms. The van der Waals surface area contributed by atoms with Crippen LogP contribution < -0.4 is 10.1 Å². The molecule has 1 heterocycles. The Labute approximate surface area is 135 Å². The van der Waals surface area contributed by atoms with Crippen molar-refractivity contribution in [1.82, 2.24) is 5.32 Å². The van der Waals surface area contributed by atoms with Gasteiger partial charge in [0.05, 0.1) is 6.04 Å². The zero-order chi connectivity index (χ0) is 16.2. The first-order valence-corrected chi connectivity index (χ1v) is 7.59. The molecule has 4 nitrogen and oxygen atoms in total. The SMILES string of the molecule is CC(=O)NC(C)c1cc2ccc(OCc3ccccc3)cc2o1. The van der Waals surface area contributed by atoms with Gasteiger partial charge in [-0.2, -0.15) is 0 Å². The number of hydrogen-bond acceptors (Lipinski definition) is 3. The van der Waals surface area contributed by atoms with Crippen LogP contribution in [0, 0.1) is 0 Å². The predicted octanol–water partition coefficient (Wildman–Crippen LogP) is 4.21. The summed E-state index contributed by atoms with van der Waals surface area (Å²) in [6.07, 6.45) is 0. The van der Waals surface area contributed by atoms with Crippen LogP contribution in [-0.2, 0) is 11.4 Å². The number of rotatable bonds is 5. The molecule has 118 valence electrons. The Morgan fingerprint density at radius 3 is 2.70 bits per heavy atom. The molecule has 0 bridgehead atoms. The van der Waals surface area contributed by atoms with E-state index in [9.17, 15) is 4.79 Å². The van der Waals surface area contributed by atoms with Crippen LogP contribution >= 0.6 is 0 Å². The molecule has 0 aliphatic carbocycles. The van der Waals surface area contributed by atoms with Gasteiger partial charge in [0.15, 0.2) is 0 Å². The summed E-state index contributed by atoms with van der Waals surface area (Å²) in [5, 5.41) is 3.81. The summed E-state index contributed by atoms with van der Waals surface area (Å²) in [5.74, 6) is 1.41. The summed E-state index contributed by atoms with van der Waals surface area (Å²) in [5.41, 5.74) is 1.87. The van der Waals surface area contributed by atoms with Crippen molar-refractivity contribution in [2.45, 2.75) is 26.5 Å². The summed E-state index contributed by atoms with van der Waals surface area (Å²) < 4.78 is 11.6. The van der Waals surface area contributed by atoms with Crippen molar-refractivity contribution < 1.29 is 13.9 Å². The minimum atomic E-state index is -0.159. The number of hydrogen-bond donors (Lipinski definition) is 1. The molecule has 4 heteroatoms. The monoisotopic (exact) mass is 309 g/mol. The van der Waals surface area contributed by atoms with Gasteiger partial charge in [0.2, 0.25) is 5.91 Å². The number of benzene rings is 2. The average Bonchev–Trinajstić information content (AvgIpc) is 2.96. The van der Waals surface area contributed by atoms with Crippen LogP contribution in [0.15, 0.2) is 59.0 Å². The number of nitrogens with one attached hydrogen (secondary N) is 1. The molecule has 3 rings (SSSR count). The molecule has 0 saturated carbocycles. The van der Waals surface area contributed by atoms with E-state index in [1.54, 1.807) is 0 Å². The van der Waals surface area contributed by atoms with Crippen LogP contribution in [0.25, 0.3) is 11.0 Å². The first-order valence-electron chi connectivity index (χ1n) is 7.59. The molecule has 1 aromatic heterocycles. The van der Waals surface area contributed by atoms with Gasteiger partial charge in [0.25, 0.3) is 0 Å². The molecule has 0 saturated heterocycles. The van der Waals surface area contributed by atoms with Crippen molar-refractivity contribution in [1.29, 1.82) is 0 Å². The number of carbonyl (C=O) groups is 1. The van der Waals surface area contributed by atoms with E-state index in [2.05, 4.69) is 5.32 Å². The van der Waals surface area contributed by atoms with Crippen LogP contribution in [0.1, 0.15) is 31.2 Å². The Bertz CT molecular complexity index is 808. The van der Waals surface area contributed by atoms with Crippen LogP contribution in [0.5, 0.6) is 5.75 Å². The highest BCUT2D eigenvalue weighted by molar-refractivity contribution is 5.80. The fraction of sp³-hybridized carbons (Fsp3) is 0.211. The van der Waals surface area contributed by atoms with Crippen LogP contribution in [0.2, 0.25) is 0 Å². The lowest BCUT2D eigenvalue weighted by Crippen LogP contribution is -2.23. The summed E-state index contributed by atoms with van der Waals surface area (Å²) in [7, 11) is 0. The van der Waals surface area contributed by atoms with Gasteiger partial charge in [-0.05, 0) is 30.7 Å². The van der Waals surface area contributed by atoms with E-state index in [1.807, 2.05) is 61.5 Å². The van der Waals surface area contributed by atoms with Crippen LogP contribution in [-0.4, -0.2) is 5.91 Å². The van der Waals surface area contributed by atoms with E-state index in [0.717, 1.165) is 28.0 Å². The second kappa shape index (κ2) is 6.57. The van der Waals surface area contributed by atoms with Gasteiger partial charge in [-0.25, -0.2) is 0 Å². The zero-order valence-electron chi connectivity index (χ0n) is 13.2. The molecule has 1 unspecified atom stereocenters. The molecule has 1 N–H and O–H groups in total. The van der Waals surface area contributed by atoms with E-state index < -0.39 is 0 Å². The van der Waals surface area contributed by atoms with Gasteiger partial charge < -0.3 is 14.5 Å². The molecule has 1 atom stereocenters. The van der Waals surface area contributed by atoms with Crippen LogP contribution in [0.3, 0.4) is 0 Å². The lowest BCUT2D eigenvalue weighted by atomic mass is 10.2. The highest BCUT2D eigenvalue weighted by Crippen LogP contribution is 2.27. The quantitative estimate of drug-likeness (QED) is 0.768. The standard InChI is InChI=1S/C19H19NO3/c1-13(20-14(2)21)18-10-16-8-9-17(11-19(16)23-18)22-12-15-6-4-3-5-7-15/h3-11,13H,12H2,1-2H3,(H,20,21). The highest BCUT2D eigenvalue weighted by Gasteiger charge is 2.12. The number of furan rings is 1. The van der Waals surface area contributed by atoms with E-state index in [1.165, 1.54) is 6.92 Å². The number of ether oxygens (including phenoxy) is 1. The topological polar surface area (TPSA) is 51.5 Å². The van der Waals surface area contributed by atoms with Crippen molar-refractivity contribution in [3.63, 3.8) is 0 Å². The Kier molecular flexibility index (Phi) is 4.33. The third kappa shape index (κ3) is 3.72. The average molecular weight is 309 g/mol. The molecule has 1 amide bonds. The first kappa shape index (κ1) is 15.2. The Hall–Kier alpha value is -2.75. The summed E-state index contributed by atoms with van der Waals surface area (Å²) in [4.78, 5) is 11.1. The van der Waals surface area contributed by atoms with Crippen molar-refractivity contribution in [3.05, 3.63) is 65.9 Å². The van der Waals surface area contributed by atoms with Gasteiger partial charge in [-0.15, -0.1) is 0 Å². The smallest absolute Gasteiger partial charge is 0.217 e. The number of amides is 1. The normalized spacial score (nSPS) is 12.1. The number of fused-ring (bicyclic) bond motifs is 1. The fourth-order valence-electron chi connectivity index (χ4n) is 2.45. The van der Waals surface area contributed by atoms with Crippen molar-refractivity contribution in [2.24, 2.45) is 0 Å². The lowest BCUT2D eigenvalue weighted by Gasteiger charge is -2.08. The Morgan fingerprint density at radius 1 is 1.17 bits per heavy atom. The number of carbonyl (C=O) groups excluding carboxylic acids is 1. The molecule has 0 fully saturated rings. The van der Waals surface area contributed by atoms with Crippen molar-refractivity contribution in [3.8, 4) is 5.75 Å². The first-order chi connectivity index (χ1) is 11.1. The second-order valence-corrected chi connectivity index (χ2v) is 5.54. The molecule has 0 aliphatic heterocycles. The largest absolute Gasteiger partial charge is 0.489 e. The van der Waals surface area contributed by atoms with Crippen molar-refractivity contribution >= 4 is 16.9 Å². The van der Waals surface area contributed by atoms with E-state index in [0.29, 0.717) is 6.61 Å². The Morgan fingerprint density at radius 2 is 1.96 bits per heavy atom. The van der Waals surface area contributed by atoms with Gasteiger partial charge >= 0.3 is 0 Å². The Balaban J connectivity index is 1.75. The highest BCUT2D eigenvalue weighted by atomic mass is 16.5. The summed E-state index contributed by atoms with van der Waals surface area (Å²) in [6, 6.07) is 17.6. The van der Waals surface area contributed by atoms with E-state index >= 15 is 0 Å². The zero-order valence-corrected chi connectivity index (χ0v) is 13.2.